The number of hydrogen-bond acceptors (Lipinski definition) is 4. The van der Waals surface area contributed by atoms with Gasteiger partial charge in [-0.05, 0) is 69.9 Å². The zero-order valence-electron chi connectivity index (χ0n) is 15.8. The number of piperazine rings is 1. The van der Waals surface area contributed by atoms with Crippen molar-refractivity contribution in [2.24, 2.45) is 0 Å². The molecule has 0 unspecified atom stereocenters. The molecule has 4 heteroatoms. The number of aromatic hydroxyl groups is 1. The number of allylic oxidation sites excluding steroid dienone is 1. The van der Waals surface area contributed by atoms with Crippen molar-refractivity contribution >= 4 is 5.57 Å². The van der Waals surface area contributed by atoms with Crippen LogP contribution in [0.4, 0.5) is 0 Å². The summed E-state index contributed by atoms with van der Waals surface area (Å²) < 4.78 is 6.51. The van der Waals surface area contributed by atoms with Crippen LogP contribution < -0.4 is 4.74 Å². The van der Waals surface area contributed by atoms with Gasteiger partial charge in [0.05, 0.1) is 5.56 Å². The average molecular weight is 342 g/mol. The summed E-state index contributed by atoms with van der Waals surface area (Å²) in [6.07, 6.45) is 4.78. The number of benzene rings is 1. The summed E-state index contributed by atoms with van der Waals surface area (Å²) in [5.41, 5.74) is 4.84. The Bertz CT molecular complexity index is 700. The molecule has 0 saturated carbocycles. The van der Waals surface area contributed by atoms with Crippen molar-refractivity contribution in [3.63, 3.8) is 0 Å². The summed E-state index contributed by atoms with van der Waals surface area (Å²) in [5, 5.41) is 10.6. The van der Waals surface area contributed by atoms with Gasteiger partial charge >= 0.3 is 0 Å². The minimum Gasteiger partial charge on any atom is -0.507 e. The number of fused-ring (bicyclic) bond motifs is 2. The lowest BCUT2D eigenvalue weighted by molar-refractivity contribution is 0.124. The molecule has 4 nitrogen and oxygen atoms in total. The number of hydrogen-bond donors (Lipinski definition) is 1. The van der Waals surface area contributed by atoms with Crippen LogP contribution in [0.15, 0.2) is 17.7 Å². The third-order valence-corrected chi connectivity index (χ3v) is 6.09. The van der Waals surface area contributed by atoms with Crippen LogP contribution in [0.2, 0.25) is 0 Å². The van der Waals surface area contributed by atoms with Gasteiger partial charge in [-0.3, -0.25) is 4.90 Å². The van der Waals surface area contributed by atoms with Crippen molar-refractivity contribution in [2.45, 2.75) is 51.7 Å². The van der Waals surface area contributed by atoms with Crippen molar-refractivity contribution < 1.29 is 9.84 Å². The number of phenols is 1. The van der Waals surface area contributed by atoms with Crippen LogP contribution in [0.25, 0.3) is 5.57 Å². The largest absolute Gasteiger partial charge is 0.507 e. The lowest BCUT2D eigenvalue weighted by Gasteiger charge is -2.41. The minimum atomic E-state index is -0.270. The van der Waals surface area contributed by atoms with E-state index < -0.39 is 0 Å². The van der Waals surface area contributed by atoms with Crippen LogP contribution in [0.5, 0.6) is 11.5 Å². The molecule has 136 valence electrons. The van der Waals surface area contributed by atoms with Gasteiger partial charge in [-0.1, -0.05) is 0 Å². The molecule has 1 fully saturated rings. The Balaban J connectivity index is 1.72. The van der Waals surface area contributed by atoms with Crippen molar-refractivity contribution in [2.75, 3.05) is 33.2 Å². The van der Waals surface area contributed by atoms with E-state index in [0.717, 1.165) is 56.9 Å². The molecule has 1 N–H and O–H groups in total. The van der Waals surface area contributed by atoms with E-state index in [4.69, 9.17) is 4.74 Å². The first-order valence-electron chi connectivity index (χ1n) is 9.63. The second-order valence-electron chi connectivity index (χ2n) is 8.30. The van der Waals surface area contributed by atoms with E-state index >= 15 is 0 Å². The molecule has 25 heavy (non-hydrogen) atoms. The Hall–Kier alpha value is -1.52. The van der Waals surface area contributed by atoms with E-state index in [9.17, 15) is 5.11 Å². The van der Waals surface area contributed by atoms with Crippen molar-refractivity contribution in [3.8, 4) is 11.5 Å². The molecular weight excluding hydrogens is 312 g/mol. The number of phenolic OH excluding ortho intramolecular Hbond substituents is 1. The van der Waals surface area contributed by atoms with Gasteiger partial charge in [-0.2, -0.15) is 0 Å². The van der Waals surface area contributed by atoms with Gasteiger partial charge in [0.1, 0.15) is 17.1 Å². The third-order valence-electron chi connectivity index (χ3n) is 6.09. The van der Waals surface area contributed by atoms with E-state index in [1.807, 2.05) is 6.07 Å². The molecular formula is C21H30N2O2. The predicted molar refractivity (Wildman–Crippen MR) is 101 cm³/mol. The summed E-state index contributed by atoms with van der Waals surface area (Å²) >= 11 is 0. The molecule has 0 bridgehead atoms. The van der Waals surface area contributed by atoms with Gasteiger partial charge in [-0.25, -0.2) is 0 Å². The van der Waals surface area contributed by atoms with Crippen LogP contribution in [0.1, 0.15) is 50.7 Å². The lowest BCUT2D eigenvalue weighted by Crippen LogP contribution is -2.44. The SMILES string of the molecule is CN1CCN(Cc2c(O)ccc3c2OC(C)(C)C2=C3CCCC2)CC1. The number of likely N-dealkylation sites (N-methyl/N-ethyl adjacent to an activating group) is 1. The highest BCUT2D eigenvalue weighted by atomic mass is 16.5. The molecule has 0 radical (unpaired) electrons. The first kappa shape index (κ1) is 16.9. The minimum absolute atomic E-state index is 0.270. The van der Waals surface area contributed by atoms with Crippen LogP contribution in [0.3, 0.4) is 0 Å². The van der Waals surface area contributed by atoms with Crippen LogP contribution in [-0.4, -0.2) is 53.7 Å². The van der Waals surface area contributed by atoms with Crippen molar-refractivity contribution in [1.82, 2.24) is 9.80 Å². The molecule has 0 atom stereocenters. The van der Waals surface area contributed by atoms with E-state index in [0.29, 0.717) is 5.75 Å². The molecule has 0 amide bonds. The van der Waals surface area contributed by atoms with Crippen LogP contribution in [0, 0.1) is 0 Å². The second-order valence-corrected chi connectivity index (χ2v) is 8.30. The Morgan fingerprint density at radius 2 is 1.80 bits per heavy atom. The van der Waals surface area contributed by atoms with Gasteiger partial charge in [0.2, 0.25) is 0 Å². The molecule has 3 aliphatic rings. The van der Waals surface area contributed by atoms with Crippen LogP contribution >= 0.6 is 0 Å². The Morgan fingerprint density at radius 1 is 1.08 bits per heavy atom. The number of rotatable bonds is 2. The molecule has 1 aliphatic carbocycles. The summed E-state index contributed by atoms with van der Waals surface area (Å²) in [7, 11) is 2.17. The van der Waals surface area contributed by atoms with E-state index in [-0.39, 0.29) is 5.60 Å². The van der Waals surface area contributed by atoms with E-state index in [2.05, 4.69) is 36.8 Å². The van der Waals surface area contributed by atoms with Gasteiger partial charge in [0, 0.05) is 38.3 Å². The second kappa shape index (κ2) is 6.33. The first-order valence-corrected chi connectivity index (χ1v) is 9.63. The zero-order valence-corrected chi connectivity index (χ0v) is 15.8. The fourth-order valence-corrected chi connectivity index (χ4v) is 4.54. The molecule has 2 aliphatic heterocycles. The maximum absolute atomic E-state index is 10.6. The molecule has 0 spiro atoms. The average Bonchev–Trinajstić information content (AvgIpc) is 2.59. The Morgan fingerprint density at radius 3 is 2.56 bits per heavy atom. The predicted octanol–water partition coefficient (Wildman–Crippen LogP) is 3.64. The van der Waals surface area contributed by atoms with Gasteiger partial charge < -0.3 is 14.7 Å². The van der Waals surface area contributed by atoms with Gasteiger partial charge in [0.15, 0.2) is 0 Å². The van der Waals surface area contributed by atoms with E-state index in [1.54, 1.807) is 0 Å². The first-order chi connectivity index (χ1) is 12.0. The fraction of sp³-hybridized carbons (Fsp3) is 0.619. The lowest BCUT2D eigenvalue weighted by atomic mass is 9.77. The molecule has 2 heterocycles. The molecule has 4 rings (SSSR count). The highest BCUT2D eigenvalue weighted by Crippen LogP contribution is 2.49. The van der Waals surface area contributed by atoms with Crippen molar-refractivity contribution in [1.29, 1.82) is 0 Å². The summed E-state index contributed by atoms with van der Waals surface area (Å²) in [6.45, 7) is 9.37. The van der Waals surface area contributed by atoms with Crippen molar-refractivity contribution in [3.05, 3.63) is 28.8 Å². The monoisotopic (exact) mass is 342 g/mol. The standard InChI is InChI=1S/C21H30N2O2/c1-21(2)18-7-5-4-6-15(18)16-8-9-19(24)17(20(16)25-21)14-23-12-10-22(3)11-13-23/h8-9,24H,4-7,10-14H2,1-3H3. The Kier molecular flexibility index (Phi) is 4.28. The number of nitrogens with zero attached hydrogens (tertiary/aromatic N) is 2. The molecule has 1 aromatic carbocycles. The molecule has 1 saturated heterocycles. The summed E-state index contributed by atoms with van der Waals surface area (Å²) in [5.74, 6) is 1.29. The molecule has 0 aromatic heterocycles. The topological polar surface area (TPSA) is 35.9 Å². The zero-order chi connectivity index (χ0) is 17.6. The van der Waals surface area contributed by atoms with Crippen LogP contribution in [-0.2, 0) is 6.54 Å². The maximum Gasteiger partial charge on any atom is 0.136 e. The molecule has 1 aromatic rings. The van der Waals surface area contributed by atoms with Gasteiger partial charge in [0.25, 0.3) is 0 Å². The normalized spacial score (nSPS) is 23.8. The fourth-order valence-electron chi connectivity index (χ4n) is 4.54. The summed E-state index contributed by atoms with van der Waals surface area (Å²) in [4.78, 5) is 4.78. The quantitative estimate of drug-likeness (QED) is 0.890. The highest BCUT2D eigenvalue weighted by molar-refractivity contribution is 5.79. The van der Waals surface area contributed by atoms with E-state index in [1.165, 1.54) is 29.6 Å². The maximum atomic E-state index is 10.6. The number of ether oxygens (including phenoxy) is 1. The van der Waals surface area contributed by atoms with Gasteiger partial charge in [-0.15, -0.1) is 0 Å². The highest BCUT2D eigenvalue weighted by Gasteiger charge is 2.37. The summed E-state index contributed by atoms with van der Waals surface area (Å²) in [6, 6.07) is 3.93. The third kappa shape index (κ3) is 3.06. The smallest absolute Gasteiger partial charge is 0.136 e. The Labute approximate surface area is 151 Å².